The minimum Gasteiger partial charge on any atom is -0.327 e. The number of piperidine rings is 1. The van der Waals surface area contributed by atoms with Gasteiger partial charge in [0.2, 0.25) is 10.0 Å². The van der Waals surface area contributed by atoms with Gasteiger partial charge in [0.15, 0.2) is 0 Å². The summed E-state index contributed by atoms with van der Waals surface area (Å²) in [5.41, 5.74) is 6.83. The molecule has 2 unspecified atom stereocenters. The third-order valence-corrected chi connectivity index (χ3v) is 6.55. The van der Waals surface area contributed by atoms with E-state index in [0.29, 0.717) is 18.0 Å². The van der Waals surface area contributed by atoms with Crippen molar-refractivity contribution in [3.63, 3.8) is 0 Å². The Labute approximate surface area is 129 Å². The Morgan fingerprint density at radius 2 is 2.15 bits per heavy atom. The molecule has 1 heterocycles. The van der Waals surface area contributed by atoms with Gasteiger partial charge in [0.1, 0.15) is 0 Å². The van der Waals surface area contributed by atoms with Gasteiger partial charge < -0.3 is 5.73 Å². The summed E-state index contributed by atoms with van der Waals surface area (Å²) in [6.45, 7) is 4.91. The van der Waals surface area contributed by atoms with Gasteiger partial charge in [-0.05, 0) is 37.0 Å². The molecule has 1 aromatic carbocycles. The predicted molar refractivity (Wildman–Crippen MR) is 84.0 cm³/mol. The molecule has 0 aromatic heterocycles. The summed E-state index contributed by atoms with van der Waals surface area (Å²) in [7, 11) is -3.43. The normalized spacial score (nSPS) is 24.8. The quantitative estimate of drug-likeness (QED) is 0.900. The molecule has 2 rings (SSSR count). The average Bonchev–Trinajstić information content (AvgIpc) is 2.41. The van der Waals surface area contributed by atoms with Crippen molar-refractivity contribution in [2.24, 2.45) is 11.7 Å². The Morgan fingerprint density at radius 3 is 2.80 bits per heavy atom. The summed E-state index contributed by atoms with van der Waals surface area (Å²) >= 11 is 3.34. The van der Waals surface area contributed by atoms with Crippen LogP contribution in [0.1, 0.15) is 25.3 Å². The number of hydrogen-bond acceptors (Lipinski definition) is 3. The number of hydrogen-bond donors (Lipinski definition) is 1. The van der Waals surface area contributed by atoms with Crippen molar-refractivity contribution in [3.05, 3.63) is 28.2 Å². The fourth-order valence-corrected chi connectivity index (χ4v) is 4.93. The van der Waals surface area contributed by atoms with Crippen molar-refractivity contribution in [3.8, 4) is 0 Å². The van der Waals surface area contributed by atoms with E-state index in [9.17, 15) is 8.42 Å². The first-order valence-electron chi connectivity index (χ1n) is 6.88. The largest absolute Gasteiger partial charge is 0.327 e. The Morgan fingerprint density at radius 1 is 1.45 bits per heavy atom. The van der Waals surface area contributed by atoms with Crippen LogP contribution in [0.3, 0.4) is 0 Å². The highest BCUT2D eigenvalue weighted by molar-refractivity contribution is 9.10. The molecular formula is C14H21BrN2O2S. The molecule has 1 aliphatic heterocycles. The number of aryl methyl sites for hydroxylation is 1. The molecule has 0 aliphatic carbocycles. The van der Waals surface area contributed by atoms with Gasteiger partial charge in [0, 0.05) is 23.6 Å². The second kappa shape index (κ2) is 6.13. The Balaban J connectivity index is 2.33. The van der Waals surface area contributed by atoms with Gasteiger partial charge in [-0.2, -0.15) is 4.31 Å². The van der Waals surface area contributed by atoms with Crippen molar-refractivity contribution < 1.29 is 8.42 Å². The zero-order valence-electron chi connectivity index (χ0n) is 11.8. The second-order valence-corrected chi connectivity index (χ2v) is 8.22. The van der Waals surface area contributed by atoms with Gasteiger partial charge in [0.25, 0.3) is 0 Å². The molecule has 2 N–H and O–H groups in total. The van der Waals surface area contributed by atoms with Gasteiger partial charge in [-0.3, -0.25) is 0 Å². The van der Waals surface area contributed by atoms with Crippen molar-refractivity contribution in [1.29, 1.82) is 0 Å². The van der Waals surface area contributed by atoms with E-state index in [4.69, 9.17) is 5.73 Å². The third kappa shape index (κ3) is 3.08. The molecule has 1 saturated heterocycles. The molecule has 0 amide bonds. The maximum absolute atomic E-state index is 12.8. The molecule has 1 aromatic rings. The fraction of sp³-hybridized carbons (Fsp3) is 0.571. The minimum atomic E-state index is -3.43. The number of nitrogens with two attached hydrogens (primary N) is 1. The van der Waals surface area contributed by atoms with Gasteiger partial charge in [-0.15, -0.1) is 0 Å². The van der Waals surface area contributed by atoms with Crippen molar-refractivity contribution in [1.82, 2.24) is 4.31 Å². The summed E-state index contributed by atoms with van der Waals surface area (Å²) in [6, 6.07) is 5.47. The summed E-state index contributed by atoms with van der Waals surface area (Å²) < 4.78 is 27.9. The number of rotatable bonds is 3. The third-order valence-electron chi connectivity index (χ3n) is 4.05. The van der Waals surface area contributed by atoms with Crippen LogP contribution in [0.4, 0.5) is 0 Å². The molecule has 2 atom stereocenters. The van der Waals surface area contributed by atoms with E-state index in [-0.39, 0.29) is 12.0 Å². The van der Waals surface area contributed by atoms with Crippen LogP contribution in [-0.2, 0) is 10.0 Å². The molecule has 1 fully saturated rings. The van der Waals surface area contributed by atoms with Gasteiger partial charge >= 0.3 is 0 Å². The highest BCUT2D eigenvalue weighted by Crippen LogP contribution is 2.28. The molecule has 6 heteroatoms. The summed E-state index contributed by atoms with van der Waals surface area (Å²) in [5, 5.41) is 0. The first-order chi connectivity index (χ1) is 9.36. The highest BCUT2D eigenvalue weighted by Gasteiger charge is 2.33. The van der Waals surface area contributed by atoms with E-state index < -0.39 is 10.0 Å². The fourth-order valence-electron chi connectivity index (χ4n) is 2.66. The monoisotopic (exact) mass is 360 g/mol. The summed E-state index contributed by atoms with van der Waals surface area (Å²) in [4.78, 5) is 0.386. The van der Waals surface area contributed by atoms with Crippen LogP contribution in [-0.4, -0.2) is 31.9 Å². The van der Waals surface area contributed by atoms with Gasteiger partial charge in [-0.1, -0.05) is 35.3 Å². The van der Waals surface area contributed by atoms with Crippen molar-refractivity contribution in [2.75, 3.05) is 13.1 Å². The van der Waals surface area contributed by atoms with Crippen LogP contribution in [0.5, 0.6) is 0 Å². The average molecular weight is 361 g/mol. The lowest BCUT2D eigenvalue weighted by atomic mass is 9.92. The van der Waals surface area contributed by atoms with Crippen LogP contribution < -0.4 is 5.73 Å². The topological polar surface area (TPSA) is 63.4 Å². The zero-order valence-corrected chi connectivity index (χ0v) is 14.2. The number of nitrogens with zero attached hydrogens (tertiary/aromatic N) is 1. The van der Waals surface area contributed by atoms with E-state index >= 15 is 0 Å². The molecule has 1 aliphatic rings. The van der Waals surface area contributed by atoms with Crippen LogP contribution in [0.15, 0.2) is 27.6 Å². The number of halogens is 1. The van der Waals surface area contributed by atoms with E-state index in [2.05, 4.69) is 22.9 Å². The SMILES string of the molecule is CCC1CN(S(=O)(=O)c2cc(Br)ccc2C)CCC1N. The molecule has 0 spiro atoms. The van der Waals surface area contributed by atoms with Crippen LogP contribution in [0.25, 0.3) is 0 Å². The molecular weight excluding hydrogens is 340 g/mol. The lowest BCUT2D eigenvalue weighted by Crippen LogP contribution is -2.48. The van der Waals surface area contributed by atoms with E-state index in [1.165, 1.54) is 0 Å². The van der Waals surface area contributed by atoms with Crippen LogP contribution in [0, 0.1) is 12.8 Å². The number of sulfonamides is 1. The molecule has 4 nitrogen and oxygen atoms in total. The lowest BCUT2D eigenvalue weighted by molar-refractivity contribution is 0.230. The molecule has 0 saturated carbocycles. The predicted octanol–water partition coefficient (Wildman–Crippen LogP) is 2.51. The zero-order chi connectivity index (χ0) is 14.9. The highest BCUT2D eigenvalue weighted by atomic mass is 79.9. The Hall–Kier alpha value is -0.430. The Bertz CT molecular complexity index is 589. The molecule has 0 radical (unpaired) electrons. The molecule has 20 heavy (non-hydrogen) atoms. The first kappa shape index (κ1) is 15.9. The smallest absolute Gasteiger partial charge is 0.243 e. The molecule has 0 bridgehead atoms. The van der Waals surface area contributed by atoms with E-state index in [1.54, 1.807) is 10.4 Å². The van der Waals surface area contributed by atoms with Gasteiger partial charge in [0.05, 0.1) is 4.90 Å². The second-order valence-electron chi connectivity index (χ2n) is 5.39. The van der Waals surface area contributed by atoms with Crippen LogP contribution >= 0.6 is 15.9 Å². The van der Waals surface area contributed by atoms with Crippen molar-refractivity contribution in [2.45, 2.75) is 37.6 Å². The maximum Gasteiger partial charge on any atom is 0.243 e. The standard InChI is InChI=1S/C14H21BrN2O2S/c1-3-11-9-17(7-6-13(11)16)20(18,19)14-8-12(15)5-4-10(14)2/h4-5,8,11,13H,3,6-7,9,16H2,1-2H3. The van der Waals surface area contributed by atoms with Crippen molar-refractivity contribution >= 4 is 26.0 Å². The molecule has 112 valence electrons. The van der Waals surface area contributed by atoms with E-state index in [1.807, 2.05) is 19.1 Å². The van der Waals surface area contributed by atoms with Gasteiger partial charge in [-0.25, -0.2) is 8.42 Å². The number of benzene rings is 1. The lowest BCUT2D eigenvalue weighted by Gasteiger charge is -2.35. The van der Waals surface area contributed by atoms with E-state index in [0.717, 1.165) is 22.9 Å². The Kier molecular flexibility index (Phi) is 4.89. The maximum atomic E-state index is 12.8. The summed E-state index contributed by atoms with van der Waals surface area (Å²) in [5.74, 6) is 0.242. The minimum absolute atomic E-state index is 0.107. The summed E-state index contributed by atoms with van der Waals surface area (Å²) in [6.07, 6.45) is 1.63. The van der Waals surface area contributed by atoms with Crippen LogP contribution in [0.2, 0.25) is 0 Å². The first-order valence-corrected chi connectivity index (χ1v) is 9.11.